The van der Waals surface area contributed by atoms with Crippen molar-refractivity contribution < 1.29 is 4.79 Å². The summed E-state index contributed by atoms with van der Waals surface area (Å²) in [7, 11) is 0. The lowest BCUT2D eigenvalue weighted by molar-refractivity contribution is 0.0646. The predicted molar refractivity (Wildman–Crippen MR) is 66.4 cm³/mol. The van der Waals surface area contributed by atoms with Crippen LogP contribution >= 0.6 is 0 Å². The summed E-state index contributed by atoms with van der Waals surface area (Å²) in [6.07, 6.45) is 2.08. The normalized spacial score (nSPS) is 18.2. The first kappa shape index (κ1) is 11.9. The van der Waals surface area contributed by atoms with E-state index in [9.17, 15) is 4.79 Å². The topological polar surface area (TPSA) is 71.2 Å². The van der Waals surface area contributed by atoms with Gasteiger partial charge >= 0.3 is 0 Å². The van der Waals surface area contributed by atoms with E-state index in [1.54, 1.807) is 18.2 Å². The highest BCUT2D eigenvalue weighted by molar-refractivity contribution is 5.93. The third-order valence-corrected chi connectivity index (χ3v) is 3.26. The molecule has 1 aromatic heterocycles. The Morgan fingerprint density at radius 1 is 1.53 bits per heavy atom. The quantitative estimate of drug-likeness (QED) is 0.599. The van der Waals surface area contributed by atoms with E-state index in [1.807, 2.05) is 4.90 Å². The van der Waals surface area contributed by atoms with Crippen molar-refractivity contribution in [3.63, 3.8) is 0 Å². The van der Waals surface area contributed by atoms with E-state index in [4.69, 9.17) is 5.84 Å². The molecule has 0 saturated carbocycles. The van der Waals surface area contributed by atoms with Crippen molar-refractivity contribution in [1.82, 2.24) is 9.88 Å². The van der Waals surface area contributed by atoms with Crippen LogP contribution in [-0.4, -0.2) is 27.9 Å². The van der Waals surface area contributed by atoms with Gasteiger partial charge in [-0.1, -0.05) is 6.07 Å². The zero-order valence-electron chi connectivity index (χ0n) is 10.2. The van der Waals surface area contributed by atoms with Gasteiger partial charge in [0.25, 0.3) is 5.91 Å². The lowest BCUT2D eigenvalue weighted by Gasteiger charge is -2.31. The van der Waals surface area contributed by atoms with E-state index in [0.29, 0.717) is 11.5 Å². The highest BCUT2D eigenvalue weighted by Crippen LogP contribution is 2.29. The Bertz CT molecular complexity index is 430. The Morgan fingerprint density at radius 3 is 2.88 bits per heavy atom. The van der Waals surface area contributed by atoms with E-state index in [2.05, 4.69) is 24.3 Å². The van der Waals surface area contributed by atoms with Crippen molar-refractivity contribution in [2.75, 3.05) is 12.0 Å². The molecule has 0 radical (unpaired) electrons. The first-order chi connectivity index (χ1) is 8.04. The third kappa shape index (κ3) is 2.24. The molecule has 1 aromatic rings. The highest BCUT2D eigenvalue weighted by atomic mass is 16.2. The van der Waals surface area contributed by atoms with Gasteiger partial charge in [-0.2, -0.15) is 0 Å². The number of carbonyl (C=O) groups is 1. The number of amides is 1. The number of carbonyl (C=O) groups excluding carboxylic acids is 1. The molecular formula is C12H18N4O. The third-order valence-electron chi connectivity index (χ3n) is 3.26. The molecule has 2 rings (SSSR count). The SMILES string of the molecule is CC1(C)CCCN1C(=O)c1cccc(NN)n1. The molecule has 0 aliphatic carbocycles. The summed E-state index contributed by atoms with van der Waals surface area (Å²) in [5.41, 5.74) is 2.81. The summed E-state index contributed by atoms with van der Waals surface area (Å²) in [6, 6.07) is 5.22. The van der Waals surface area contributed by atoms with Crippen LogP contribution in [0.15, 0.2) is 18.2 Å². The number of hydrogen-bond acceptors (Lipinski definition) is 4. The standard InChI is InChI=1S/C12H18N4O/c1-12(2)7-4-8-16(12)11(17)9-5-3-6-10(14-9)15-13/h3,5-6H,4,7-8,13H2,1-2H3,(H,14,15). The summed E-state index contributed by atoms with van der Waals surface area (Å²) < 4.78 is 0. The second-order valence-electron chi connectivity index (χ2n) is 4.93. The van der Waals surface area contributed by atoms with Crippen LogP contribution in [0.4, 0.5) is 5.82 Å². The number of nitrogens with one attached hydrogen (secondary N) is 1. The number of aromatic nitrogens is 1. The second-order valence-corrected chi connectivity index (χ2v) is 4.93. The van der Waals surface area contributed by atoms with Crippen LogP contribution in [0.3, 0.4) is 0 Å². The fourth-order valence-electron chi connectivity index (χ4n) is 2.26. The number of nitrogens with zero attached hydrogens (tertiary/aromatic N) is 2. The predicted octanol–water partition coefficient (Wildman–Crippen LogP) is 1.38. The van der Waals surface area contributed by atoms with Gasteiger partial charge in [0.1, 0.15) is 11.5 Å². The molecular weight excluding hydrogens is 216 g/mol. The molecule has 0 unspecified atom stereocenters. The summed E-state index contributed by atoms with van der Waals surface area (Å²) >= 11 is 0. The monoisotopic (exact) mass is 234 g/mol. The number of likely N-dealkylation sites (tertiary alicyclic amines) is 1. The molecule has 1 saturated heterocycles. The average molecular weight is 234 g/mol. The van der Waals surface area contributed by atoms with Crippen molar-refractivity contribution in [3.05, 3.63) is 23.9 Å². The molecule has 0 aromatic carbocycles. The molecule has 0 atom stereocenters. The van der Waals surface area contributed by atoms with Crippen LogP contribution in [0, 0.1) is 0 Å². The fraction of sp³-hybridized carbons (Fsp3) is 0.500. The maximum absolute atomic E-state index is 12.3. The Hall–Kier alpha value is -1.62. The number of nitrogens with two attached hydrogens (primary N) is 1. The van der Waals surface area contributed by atoms with Gasteiger partial charge < -0.3 is 10.3 Å². The molecule has 1 aliphatic heterocycles. The van der Waals surface area contributed by atoms with Gasteiger partial charge in [-0.25, -0.2) is 10.8 Å². The molecule has 5 nitrogen and oxygen atoms in total. The maximum atomic E-state index is 12.3. The molecule has 17 heavy (non-hydrogen) atoms. The first-order valence-electron chi connectivity index (χ1n) is 5.80. The van der Waals surface area contributed by atoms with Crippen LogP contribution in [-0.2, 0) is 0 Å². The van der Waals surface area contributed by atoms with E-state index < -0.39 is 0 Å². The average Bonchev–Trinajstić information content (AvgIpc) is 2.68. The smallest absolute Gasteiger partial charge is 0.272 e. The highest BCUT2D eigenvalue weighted by Gasteiger charge is 2.36. The van der Waals surface area contributed by atoms with Gasteiger partial charge in [-0.15, -0.1) is 0 Å². The number of hydrazine groups is 1. The Kier molecular flexibility index (Phi) is 3.02. The largest absolute Gasteiger partial charge is 0.332 e. The maximum Gasteiger partial charge on any atom is 0.272 e. The minimum Gasteiger partial charge on any atom is -0.332 e. The zero-order chi connectivity index (χ0) is 12.5. The lowest BCUT2D eigenvalue weighted by atomic mass is 10.0. The van der Waals surface area contributed by atoms with Crippen molar-refractivity contribution in [2.24, 2.45) is 5.84 Å². The molecule has 0 spiro atoms. The number of hydrogen-bond donors (Lipinski definition) is 2. The van der Waals surface area contributed by atoms with Gasteiger partial charge in [-0.05, 0) is 38.8 Å². The molecule has 0 bridgehead atoms. The summed E-state index contributed by atoms with van der Waals surface area (Å²) in [6.45, 7) is 4.97. The molecule has 5 heteroatoms. The van der Waals surface area contributed by atoms with Gasteiger partial charge in [-0.3, -0.25) is 4.79 Å². The van der Waals surface area contributed by atoms with Crippen molar-refractivity contribution >= 4 is 11.7 Å². The Morgan fingerprint density at radius 2 is 2.29 bits per heavy atom. The van der Waals surface area contributed by atoms with Crippen LogP contribution in [0.5, 0.6) is 0 Å². The number of nitrogen functional groups attached to an aromatic ring is 1. The molecule has 1 amide bonds. The van der Waals surface area contributed by atoms with E-state index in [0.717, 1.165) is 19.4 Å². The van der Waals surface area contributed by atoms with Crippen LogP contribution in [0.1, 0.15) is 37.2 Å². The summed E-state index contributed by atoms with van der Waals surface area (Å²) in [5, 5.41) is 0. The number of anilines is 1. The summed E-state index contributed by atoms with van der Waals surface area (Å²) in [5.74, 6) is 5.77. The van der Waals surface area contributed by atoms with Crippen LogP contribution < -0.4 is 11.3 Å². The van der Waals surface area contributed by atoms with E-state index in [-0.39, 0.29) is 11.4 Å². The van der Waals surface area contributed by atoms with E-state index in [1.165, 1.54) is 0 Å². The van der Waals surface area contributed by atoms with Crippen molar-refractivity contribution in [3.8, 4) is 0 Å². The van der Waals surface area contributed by atoms with Crippen LogP contribution in [0.25, 0.3) is 0 Å². The lowest BCUT2D eigenvalue weighted by Crippen LogP contribution is -2.43. The van der Waals surface area contributed by atoms with Crippen molar-refractivity contribution in [1.29, 1.82) is 0 Å². The second kappa shape index (κ2) is 4.33. The van der Waals surface area contributed by atoms with Gasteiger partial charge in [0.2, 0.25) is 0 Å². The van der Waals surface area contributed by atoms with E-state index >= 15 is 0 Å². The fourth-order valence-corrected chi connectivity index (χ4v) is 2.26. The molecule has 2 heterocycles. The zero-order valence-corrected chi connectivity index (χ0v) is 10.2. The minimum atomic E-state index is -0.0785. The molecule has 1 aliphatic rings. The van der Waals surface area contributed by atoms with Crippen molar-refractivity contribution in [2.45, 2.75) is 32.2 Å². The number of rotatable bonds is 2. The van der Waals surface area contributed by atoms with Gasteiger partial charge in [0.05, 0.1) is 0 Å². The van der Waals surface area contributed by atoms with Gasteiger partial charge in [0, 0.05) is 12.1 Å². The molecule has 92 valence electrons. The first-order valence-corrected chi connectivity index (χ1v) is 5.80. The number of pyridine rings is 1. The molecule has 1 fully saturated rings. The minimum absolute atomic E-state index is 0.0235. The summed E-state index contributed by atoms with van der Waals surface area (Å²) in [4.78, 5) is 18.4. The Labute approximate surface area is 101 Å². The van der Waals surface area contributed by atoms with Gasteiger partial charge in [0.15, 0.2) is 0 Å². The molecule has 3 N–H and O–H groups in total. The van der Waals surface area contributed by atoms with Crippen LogP contribution in [0.2, 0.25) is 0 Å². The Balaban J connectivity index is 2.25.